The van der Waals surface area contributed by atoms with E-state index in [0.29, 0.717) is 5.65 Å². The molecular formula is C39H32N4O. The highest BCUT2D eigenvalue weighted by molar-refractivity contribution is 6.10. The van der Waals surface area contributed by atoms with Gasteiger partial charge in [-0.1, -0.05) is 107 Å². The first-order valence-electron chi connectivity index (χ1n) is 15.3. The molecule has 0 spiro atoms. The van der Waals surface area contributed by atoms with Gasteiger partial charge in [-0.15, -0.1) is 10.2 Å². The molecule has 0 atom stereocenters. The number of nitrogens with zero attached hydrogens (tertiary/aromatic N) is 4. The van der Waals surface area contributed by atoms with Gasteiger partial charge in [0.2, 0.25) is 5.65 Å². The van der Waals surface area contributed by atoms with Gasteiger partial charge in [-0.25, -0.2) is 4.98 Å². The zero-order valence-corrected chi connectivity index (χ0v) is 25.2. The van der Waals surface area contributed by atoms with Crippen LogP contribution in [0.3, 0.4) is 0 Å². The Morgan fingerprint density at radius 3 is 2.02 bits per heavy atom. The second-order valence-corrected chi connectivity index (χ2v) is 12.1. The van der Waals surface area contributed by atoms with Crippen LogP contribution in [0.4, 0.5) is 0 Å². The molecule has 5 heteroatoms. The largest absolute Gasteiger partial charge is 0.455 e. The van der Waals surface area contributed by atoms with Crippen molar-refractivity contribution in [2.75, 3.05) is 0 Å². The number of furan rings is 1. The fourth-order valence-electron chi connectivity index (χ4n) is 6.52. The minimum absolute atomic E-state index is 0.250. The molecule has 5 aromatic carbocycles. The molecule has 214 valence electrons. The zero-order valence-electron chi connectivity index (χ0n) is 25.2. The van der Waals surface area contributed by atoms with Gasteiger partial charge in [-0.2, -0.15) is 0 Å². The van der Waals surface area contributed by atoms with E-state index in [0.717, 1.165) is 55.4 Å². The van der Waals surface area contributed by atoms with Crippen molar-refractivity contribution in [1.82, 2.24) is 19.7 Å². The summed E-state index contributed by atoms with van der Waals surface area (Å²) in [7, 11) is 0. The van der Waals surface area contributed by atoms with E-state index < -0.39 is 0 Å². The number of hydrogen-bond acceptors (Lipinski definition) is 4. The Morgan fingerprint density at radius 2 is 1.27 bits per heavy atom. The summed E-state index contributed by atoms with van der Waals surface area (Å²) in [5.74, 6) is 1.30. The first-order valence-corrected chi connectivity index (χ1v) is 15.3. The van der Waals surface area contributed by atoms with Crippen LogP contribution in [0.2, 0.25) is 0 Å². The minimum Gasteiger partial charge on any atom is -0.455 e. The van der Waals surface area contributed by atoms with Gasteiger partial charge in [0.15, 0.2) is 5.82 Å². The van der Waals surface area contributed by atoms with E-state index in [9.17, 15) is 0 Å². The lowest BCUT2D eigenvalue weighted by Gasteiger charge is -2.24. The predicted octanol–water partition coefficient (Wildman–Crippen LogP) is 10.4. The second kappa shape index (κ2) is 10.2. The Labute approximate surface area is 255 Å². The summed E-state index contributed by atoms with van der Waals surface area (Å²) in [6, 6.07) is 38.1. The van der Waals surface area contributed by atoms with Crippen molar-refractivity contribution in [2.45, 2.75) is 39.5 Å². The van der Waals surface area contributed by atoms with Crippen LogP contribution in [0.25, 0.3) is 72.2 Å². The van der Waals surface area contributed by atoms with Crippen LogP contribution in [0.1, 0.15) is 50.7 Å². The van der Waals surface area contributed by atoms with E-state index in [2.05, 4.69) is 127 Å². The lowest BCUT2D eigenvalue weighted by molar-refractivity contribution is 0.669. The van der Waals surface area contributed by atoms with Crippen molar-refractivity contribution in [3.05, 3.63) is 120 Å². The Hall–Kier alpha value is -5.29. The highest BCUT2D eigenvalue weighted by atomic mass is 16.3. The van der Waals surface area contributed by atoms with E-state index >= 15 is 0 Å². The topological polar surface area (TPSA) is 56.7 Å². The van der Waals surface area contributed by atoms with E-state index in [1.807, 2.05) is 24.3 Å². The van der Waals surface area contributed by atoms with Crippen molar-refractivity contribution in [3.8, 4) is 28.2 Å². The van der Waals surface area contributed by atoms with E-state index in [4.69, 9.17) is 9.40 Å². The van der Waals surface area contributed by atoms with Gasteiger partial charge in [0.1, 0.15) is 16.7 Å². The van der Waals surface area contributed by atoms with Gasteiger partial charge < -0.3 is 4.42 Å². The summed E-state index contributed by atoms with van der Waals surface area (Å²) < 4.78 is 8.90. The van der Waals surface area contributed by atoms with Crippen LogP contribution >= 0.6 is 0 Å². The maximum atomic E-state index is 6.56. The molecule has 3 aromatic heterocycles. The van der Waals surface area contributed by atoms with Gasteiger partial charge in [-0.3, -0.25) is 4.57 Å². The molecule has 8 aromatic rings. The van der Waals surface area contributed by atoms with Crippen molar-refractivity contribution in [1.29, 1.82) is 0 Å². The number of benzene rings is 5. The lowest BCUT2D eigenvalue weighted by atomic mass is 9.88. The first-order chi connectivity index (χ1) is 21.5. The minimum atomic E-state index is 0.250. The van der Waals surface area contributed by atoms with Gasteiger partial charge in [0.05, 0.1) is 16.8 Å². The average molecular weight is 573 g/mol. The Balaban J connectivity index is 1.55. The maximum absolute atomic E-state index is 6.56. The molecule has 0 aliphatic rings. The molecule has 0 bridgehead atoms. The lowest BCUT2D eigenvalue weighted by Crippen LogP contribution is -2.10. The third kappa shape index (κ3) is 4.04. The van der Waals surface area contributed by atoms with E-state index in [1.165, 1.54) is 22.3 Å². The van der Waals surface area contributed by atoms with Crippen LogP contribution in [0, 0.1) is 0 Å². The molecule has 3 heterocycles. The van der Waals surface area contributed by atoms with Crippen molar-refractivity contribution in [2.24, 2.45) is 0 Å². The monoisotopic (exact) mass is 572 g/mol. The normalized spacial score (nSPS) is 12.0. The predicted molar refractivity (Wildman–Crippen MR) is 180 cm³/mol. The molecule has 0 fully saturated rings. The van der Waals surface area contributed by atoms with Crippen molar-refractivity contribution < 1.29 is 4.42 Å². The van der Waals surface area contributed by atoms with Gasteiger partial charge >= 0.3 is 0 Å². The molecule has 44 heavy (non-hydrogen) atoms. The number of imidazole rings is 1. The molecular weight excluding hydrogens is 540 g/mol. The van der Waals surface area contributed by atoms with Gasteiger partial charge in [0, 0.05) is 16.2 Å². The zero-order chi connectivity index (χ0) is 29.9. The Bertz CT molecular complexity index is 2320. The molecule has 0 radical (unpaired) electrons. The van der Waals surface area contributed by atoms with Gasteiger partial charge in [-0.05, 0) is 64.4 Å². The molecule has 0 N–H and O–H groups in total. The third-order valence-electron chi connectivity index (χ3n) is 8.66. The summed E-state index contributed by atoms with van der Waals surface area (Å²) in [5, 5.41) is 12.4. The van der Waals surface area contributed by atoms with Crippen molar-refractivity contribution >= 4 is 44.0 Å². The van der Waals surface area contributed by atoms with E-state index in [-0.39, 0.29) is 11.8 Å². The molecule has 0 aliphatic heterocycles. The molecule has 0 amide bonds. The van der Waals surface area contributed by atoms with Gasteiger partial charge in [0.25, 0.3) is 0 Å². The summed E-state index contributed by atoms with van der Waals surface area (Å²) in [6.45, 7) is 9.09. The Kier molecular flexibility index (Phi) is 6.09. The molecule has 0 aliphatic carbocycles. The number of aromatic nitrogens is 4. The number of para-hydroxylation sites is 2. The quantitative estimate of drug-likeness (QED) is 0.206. The molecule has 0 saturated carbocycles. The summed E-state index contributed by atoms with van der Waals surface area (Å²) in [4.78, 5) is 5.24. The second-order valence-electron chi connectivity index (χ2n) is 12.1. The van der Waals surface area contributed by atoms with Crippen LogP contribution in [-0.2, 0) is 0 Å². The summed E-state index contributed by atoms with van der Waals surface area (Å²) >= 11 is 0. The van der Waals surface area contributed by atoms with Crippen LogP contribution in [-0.4, -0.2) is 19.7 Å². The number of rotatable bonds is 5. The molecule has 0 saturated heterocycles. The fraction of sp³-hybridized carbons (Fsp3) is 0.154. The van der Waals surface area contributed by atoms with Crippen LogP contribution in [0.5, 0.6) is 0 Å². The highest BCUT2D eigenvalue weighted by Crippen LogP contribution is 2.43. The number of hydrogen-bond donors (Lipinski definition) is 0. The molecule has 0 unspecified atom stereocenters. The van der Waals surface area contributed by atoms with E-state index in [1.54, 1.807) is 0 Å². The Morgan fingerprint density at radius 1 is 0.614 bits per heavy atom. The van der Waals surface area contributed by atoms with Crippen molar-refractivity contribution in [3.63, 3.8) is 0 Å². The van der Waals surface area contributed by atoms with Crippen LogP contribution < -0.4 is 0 Å². The molecule has 8 rings (SSSR count). The maximum Gasteiger partial charge on any atom is 0.201 e. The van der Waals surface area contributed by atoms with Crippen LogP contribution in [0.15, 0.2) is 114 Å². The average Bonchev–Trinajstić information content (AvgIpc) is 3.63. The molecule has 5 nitrogen and oxygen atoms in total. The third-order valence-corrected chi connectivity index (χ3v) is 8.66. The highest BCUT2D eigenvalue weighted by Gasteiger charge is 2.27. The standard InChI is InChI=1S/C39H32N4O/c1-23(2)31-21-26(25-13-6-5-7-14-25)22-32(24(3)4)35(31)43-36-29-16-8-10-19-33(29)41-42-38(36)40-39(43)30-18-12-17-28-27-15-9-11-20-34(27)44-37(28)30/h5-24H,1-4H3. The smallest absolute Gasteiger partial charge is 0.201 e. The SMILES string of the molecule is CC(C)c1cc(-c2ccccc2)cc(C(C)C)c1-n1c(-c2cccc3c2oc2ccccc23)nc2nnc3ccccc3c21. The summed E-state index contributed by atoms with van der Waals surface area (Å²) in [5.41, 5.74) is 11.1. The fourth-order valence-corrected chi connectivity index (χ4v) is 6.52. The first kappa shape index (κ1) is 26.3. The summed E-state index contributed by atoms with van der Waals surface area (Å²) in [6.07, 6.45) is 0. The number of fused-ring (bicyclic) bond motifs is 6.